The van der Waals surface area contributed by atoms with Crippen LogP contribution >= 0.6 is 0 Å². The number of allylic oxidation sites excluding steroid dienone is 2. The van der Waals surface area contributed by atoms with Gasteiger partial charge in [0.2, 0.25) is 0 Å². The summed E-state index contributed by atoms with van der Waals surface area (Å²) in [7, 11) is 0. The summed E-state index contributed by atoms with van der Waals surface area (Å²) >= 11 is 0. The second-order valence-electron chi connectivity index (χ2n) is 3.04. The summed E-state index contributed by atoms with van der Waals surface area (Å²) in [5.41, 5.74) is 0. The van der Waals surface area contributed by atoms with Gasteiger partial charge in [-0.05, 0) is 30.7 Å². The normalized spacial score (nSPS) is 18.3. The maximum atomic E-state index is 11.1. The lowest BCUT2D eigenvalue weighted by molar-refractivity contribution is -0.177. The summed E-state index contributed by atoms with van der Waals surface area (Å²) in [6, 6.07) is 0. The number of aliphatic hydroxyl groups is 1. The molecule has 0 fully saturated rings. The van der Waals surface area contributed by atoms with Crippen LogP contribution in [0.25, 0.3) is 0 Å². The zero-order chi connectivity index (χ0) is 10.6. The van der Waals surface area contributed by atoms with Gasteiger partial charge in [-0.2, -0.15) is 0 Å². The first-order valence-electron chi connectivity index (χ1n) is 4.42. The molecule has 0 heterocycles. The Morgan fingerprint density at radius 3 is 2.57 bits per heavy atom. The first kappa shape index (κ1) is 10.7. The van der Waals surface area contributed by atoms with Crippen molar-refractivity contribution in [2.24, 2.45) is 0 Å². The Morgan fingerprint density at radius 1 is 1.50 bits per heavy atom. The highest BCUT2D eigenvalue weighted by molar-refractivity contribution is 6.00. The van der Waals surface area contributed by atoms with Gasteiger partial charge >= 0.3 is 5.97 Å². The Balaban J connectivity index is 2.60. The SMILES string of the molecule is CCCC(=O)OC1(O)C=CC(=O)C=C1. The van der Waals surface area contributed by atoms with Crippen molar-refractivity contribution in [2.45, 2.75) is 25.6 Å². The molecule has 14 heavy (non-hydrogen) atoms. The van der Waals surface area contributed by atoms with Gasteiger partial charge in [-0.3, -0.25) is 9.59 Å². The van der Waals surface area contributed by atoms with E-state index in [9.17, 15) is 14.7 Å². The van der Waals surface area contributed by atoms with Crippen LogP contribution in [0.5, 0.6) is 0 Å². The summed E-state index contributed by atoms with van der Waals surface area (Å²) in [6.07, 6.45) is 5.55. The van der Waals surface area contributed by atoms with Gasteiger partial charge in [0, 0.05) is 6.42 Å². The lowest BCUT2D eigenvalue weighted by Gasteiger charge is -2.22. The van der Waals surface area contributed by atoms with Crippen molar-refractivity contribution in [1.82, 2.24) is 0 Å². The average molecular weight is 196 g/mol. The molecule has 0 atom stereocenters. The van der Waals surface area contributed by atoms with Crippen molar-refractivity contribution < 1.29 is 19.4 Å². The van der Waals surface area contributed by atoms with Gasteiger partial charge < -0.3 is 9.84 Å². The maximum absolute atomic E-state index is 11.1. The predicted molar refractivity (Wildman–Crippen MR) is 49.2 cm³/mol. The lowest BCUT2D eigenvalue weighted by Crippen LogP contribution is -2.32. The summed E-state index contributed by atoms with van der Waals surface area (Å²) in [5, 5.41) is 9.62. The maximum Gasteiger partial charge on any atom is 0.308 e. The molecule has 0 saturated heterocycles. The highest BCUT2D eigenvalue weighted by atomic mass is 16.7. The second kappa shape index (κ2) is 4.19. The monoisotopic (exact) mass is 196 g/mol. The Hall–Kier alpha value is -1.42. The zero-order valence-corrected chi connectivity index (χ0v) is 7.90. The Kier molecular flexibility index (Phi) is 3.19. The second-order valence-corrected chi connectivity index (χ2v) is 3.04. The Morgan fingerprint density at radius 2 is 2.07 bits per heavy atom. The van der Waals surface area contributed by atoms with Crippen LogP contribution in [-0.2, 0) is 14.3 Å². The molecule has 1 rings (SSSR count). The fourth-order valence-corrected chi connectivity index (χ4v) is 1.02. The summed E-state index contributed by atoms with van der Waals surface area (Å²) in [5.74, 6) is -2.47. The molecular weight excluding hydrogens is 184 g/mol. The largest absolute Gasteiger partial charge is 0.426 e. The number of ketones is 1. The molecule has 76 valence electrons. The van der Waals surface area contributed by atoms with E-state index < -0.39 is 11.8 Å². The standard InChI is InChI=1S/C10H12O4/c1-2-3-9(12)14-10(13)6-4-8(11)5-7-10/h4-7,13H,2-3H2,1H3. The van der Waals surface area contributed by atoms with Crippen molar-refractivity contribution in [3.63, 3.8) is 0 Å². The van der Waals surface area contributed by atoms with Crippen LogP contribution in [0.1, 0.15) is 19.8 Å². The molecule has 0 radical (unpaired) electrons. The molecule has 0 aromatic heterocycles. The van der Waals surface area contributed by atoms with Crippen LogP contribution in [0.3, 0.4) is 0 Å². The number of hydrogen-bond acceptors (Lipinski definition) is 4. The zero-order valence-electron chi connectivity index (χ0n) is 7.90. The molecule has 0 spiro atoms. The van der Waals surface area contributed by atoms with Crippen LogP contribution in [-0.4, -0.2) is 22.6 Å². The predicted octanol–water partition coefficient (Wildman–Crippen LogP) is 0.713. The molecule has 0 saturated carbocycles. The lowest BCUT2D eigenvalue weighted by atomic mass is 10.1. The molecule has 0 aromatic rings. The highest BCUT2D eigenvalue weighted by Crippen LogP contribution is 2.16. The van der Waals surface area contributed by atoms with Crippen LogP contribution in [0.2, 0.25) is 0 Å². The topological polar surface area (TPSA) is 63.6 Å². The number of esters is 1. The first-order chi connectivity index (χ1) is 6.56. The van der Waals surface area contributed by atoms with Crippen LogP contribution < -0.4 is 0 Å². The van der Waals surface area contributed by atoms with E-state index in [1.807, 2.05) is 6.92 Å². The van der Waals surface area contributed by atoms with Gasteiger partial charge in [0.15, 0.2) is 5.78 Å². The van der Waals surface area contributed by atoms with E-state index in [1.165, 1.54) is 12.2 Å². The van der Waals surface area contributed by atoms with Crippen molar-refractivity contribution in [2.75, 3.05) is 0 Å². The van der Waals surface area contributed by atoms with E-state index >= 15 is 0 Å². The number of rotatable bonds is 3. The van der Waals surface area contributed by atoms with Gasteiger partial charge in [-0.25, -0.2) is 0 Å². The summed E-state index contributed by atoms with van der Waals surface area (Å²) in [6.45, 7) is 1.83. The van der Waals surface area contributed by atoms with Crippen LogP contribution in [0.4, 0.5) is 0 Å². The van der Waals surface area contributed by atoms with Crippen molar-refractivity contribution in [3.8, 4) is 0 Å². The van der Waals surface area contributed by atoms with Gasteiger partial charge in [-0.1, -0.05) is 6.92 Å². The van der Waals surface area contributed by atoms with E-state index in [2.05, 4.69) is 0 Å². The third-order valence-corrected chi connectivity index (χ3v) is 1.70. The van der Waals surface area contributed by atoms with E-state index in [0.717, 1.165) is 12.2 Å². The van der Waals surface area contributed by atoms with E-state index in [1.54, 1.807) is 0 Å². The van der Waals surface area contributed by atoms with Crippen LogP contribution in [0, 0.1) is 0 Å². The van der Waals surface area contributed by atoms with E-state index in [-0.39, 0.29) is 12.2 Å². The highest BCUT2D eigenvalue weighted by Gasteiger charge is 2.27. The third-order valence-electron chi connectivity index (χ3n) is 1.70. The summed E-state index contributed by atoms with van der Waals surface area (Å²) < 4.78 is 4.76. The van der Waals surface area contributed by atoms with Gasteiger partial charge in [-0.15, -0.1) is 0 Å². The Labute approximate surface area is 81.9 Å². The molecule has 0 unspecified atom stereocenters. The molecule has 0 bridgehead atoms. The fourth-order valence-electron chi connectivity index (χ4n) is 1.02. The van der Waals surface area contributed by atoms with Gasteiger partial charge in [0.25, 0.3) is 5.79 Å². The molecule has 1 aliphatic rings. The molecule has 1 N–H and O–H groups in total. The molecule has 1 aliphatic carbocycles. The molecule has 0 aliphatic heterocycles. The van der Waals surface area contributed by atoms with Gasteiger partial charge in [0.1, 0.15) is 0 Å². The van der Waals surface area contributed by atoms with E-state index in [0.29, 0.717) is 6.42 Å². The molecule has 0 aromatic carbocycles. The number of ether oxygens (including phenoxy) is 1. The molecule has 4 heteroatoms. The van der Waals surface area contributed by atoms with Gasteiger partial charge in [0.05, 0.1) is 0 Å². The minimum absolute atomic E-state index is 0.235. The van der Waals surface area contributed by atoms with Crippen molar-refractivity contribution in [1.29, 1.82) is 0 Å². The average Bonchev–Trinajstić information content (AvgIpc) is 2.11. The minimum atomic E-state index is -1.75. The van der Waals surface area contributed by atoms with Crippen molar-refractivity contribution >= 4 is 11.8 Å². The van der Waals surface area contributed by atoms with Crippen LogP contribution in [0.15, 0.2) is 24.3 Å². The third kappa shape index (κ3) is 2.81. The first-order valence-corrected chi connectivity index (χ1v) is 4.42. The Bertz CT molecular complexity index is 285. The fraction of sp³-hybridized carbons (Fsp3) is 0.400. The molecule has 4 nitrogen and oxygen atoms in total. The molecule has 0 amide bonds. The quantitative estimate of drug-likeness (QED) is 0.533. The number of carbonyl (C=O) groups is 2. The molecular formula is C10H12O4. The summed E-state index contributed by atoms with van der Waals surface area (Å²) in [4.78, 5) is 21.8. The minimum Gasteiger partial charge on any atom is -0.426 e. The number of hydrogen-bond donors (Lipinski definition) is 1. The van der Waals surface area contributed by atoms with Crippen molar-refractivity contribution in [3.05, 3.63) is 24.3 Å². The number of carbonyl (C=O) groups excluding carboxylic acids is 2. The smallest absolute Gasteiger partial charge is 0.308 e. The van der Waals surface area contributed by atoms with E-state index in [4.69, 9.17) is 4.74 Å².